The van der Waals surface area contributed by atoms with E-state index in [4.69, 9.17) is 4.74 Å². The molecule has 0 bridgehead atoms. The second-order valence-electron chi connectivity index (χ2n) is 7.94. The van der Waals surface area contributed by atoms with Crippen molar-refractivity contribution in [3.05, 3.63) is 54.1 Å². The standard InChI is InChI=1S/C22H30N2O4S/c1-5-17(3)18(4)10-13-29(26,27)23-11-8-20(9-12-23)24-21-7-6-16(2)14-19(21)15-28-22(24)25/h5-7,14,17,20H,1,4,8-13,15H2,2-3H3. The number of hydrogen-bond donors (Lipinski definition) is 0. The van der Waals surface area contributed by atoms with Crippen LogP contribution in [0.3, 0.4) is 0 Å². The van der Waals surface area contributed by atoms with E-state index < -0.39 is 10.0 Å². The van der Waals surface area contributed by atoms with E-state index in [-0.39, 0.29) is 30.4 Å². The van der Waals surface area contributed by atoms with Gasteiger partial charge < -0.3 is 4.74 Å². The average Bonchev–Trinajstić information content (AvgIpc) is 2.71. The van der Waals surface area contributed by atoms with Crippen LogP contribution >= 0.6 is 0 Å². The second-order valence-corrected chi connectivity index (χ2v) is 10.0. The molecule has 2 aliphatic rings. The van der Waals surface area contributed by atoms with Crippen molar-refractivity contribution in [1.82, 2.24) is 4.31 Å². The van der Waals surface area contributed by atoms with Gasteiger partial charge in [0.05, 0.1) is 11.4 Å². The van der Waals surface area contributed by atoms with E-state index in [0.717, 1.165) is 22.4 Å². The molecule has 1 aromatic carbocycles. The number of ether oxygens (including phenoxy) is 1. The Bertz CT molecular complexity index is 901. The van der Waals surface area contributed by atoms with Crippen LogP contribution in [0.15, 0.2) is 43.0 Å². The van der Waals surface area contributed by atoms with Crippen LogP contribution in [0, 0.1) is 12.8 Å². The number of fused-ring (bicyclic) bond motifs is 1. The largest absolute Gasteiger partial charge is 0.444 e. The molecule has 29 heavy (non-hydrogen) atoms. The zero-order valence-corrected chi connectivity index (χ0v) is 18.1. The first-order valence-corrected chi connectivity index (χ1v) is 11.7. The summed E-state index contributed by atoms with van der Waals surface area (Å²) >= 11 is 0. The summed E-state index contributed by atoms with van der Waals surface area (Å²) in [6, 6.07) is 5.92. The van der Waals surface area contributed by atoms with Gasteiger partial charge in [-0.25, -0.2) is 17.5 Å². The molecule has 0 aliphatic carbocycles. The molecule has 0 aromatic heterocycles. The first-order valence-electron chi connectivity index (χ1n) is 10.1. The third-order valence-electron chi connectivity index (χ3n) is 5.90. The molecule has 0 saturated carbocycles. The van der Waals surface area contributed by atoms with Gasteiger partial charge >= 0.3 is 6.09 Å². The van der Waals surface area contributed by atoms with Gasteiger partial charge in [-0.1, -0.05) is 42.8 Å². The highest BCUT2D eigenvalue weighted by molar-refractivity contribution is 7.89. The number of aryl methyl sites for hydroxylation is 1. The van der Waals surface area contributed by atoms with E-state index in [1.54, 1.807) is 15.3 Å². The van der Waals surface area contributed by atoms with Crippen LogP contribution in [0.2, 0.25) is 0 Å². The predicted octanol–water partition coefficient (Wildman–Crippen LogP) is 4.01. The molecular formula is C22H30N2O4S. The zero-order chi connectivity index (χ0) is 21.2. The van der Waals surface area contributed by atoms with Crippen LogP contribution in [0.4, 0.5) is 10.5 Å². The van der Waals surface area contributed by atoms with Crippen LogP contribution in [-0.4, -0.2) is 43.7 Å². The average molecular weight is 419 g/mol. The summed E-state index contributed by atoms with van der Waals surface area (Å²) in [6.45, 7) is 12.8. The molecule has 2 aliphatic heterocycles. The molecule has 1 amide bonds. The smallest absolute Gasteiger partial charge is 0.414 e. The van der Waals surface area contributed by atoms with Gasteiger partial charge in [0, 0.05) is 24.7 Å². The summed E-state index contributed by atoms with van der Waals surface area (Å²) < 4.78 is 32.4. The van der Waals surface area contributed by atoms with E-state index in [1.165, 1.54) is 0 Å². The SMILES string of the molecule is C=CC(C)C(=C)CCS(=O)(=O)N1CCC(N2C(=O)OCc3cc(C)ccc32)CC1. The van der Waals surface area contributed by atoms with Crippen LogP contribution in [0.25, 0.3) is 0 Å². The van der Waals surface area contributed by atoms with Crippen molar-refractivity contribution in [2.45, 2.75) is 45.8 Å². The molecule has 1 fully saturated rings. The number of benzene rings is 1. The van der Waals surface area contributed by atoms with Crippen LogP contribution in [0.5, 0.6) is 0 Å². The minimum Gasteiger partial charge on any atom is -0.444 e. The maximum atomic E-state index is 12.7. The predicted molar refractivity (Wildman–Crippen MR) is 115 cm³/mol. The Morgan fingerprint density at radius 2 is 2.03 bits per heavy atom. The first-order chi connectivity index (χ1) is 13.7. The van der Waals surface area contributed by atoms with Crippen molar-refractivity contribution in [2.24, 2.45) is 5.92 Å². The van der Waals surface area contributed by atoms with Gasteiger partial charge in [-0.3, -0.25) is 4.90 Å². The van der Waals surface area contributed by atoms with E-state index in [1.807, 2.05) is 32.0 Å². The van der Waals surface area contributed by atoms with Crippen LogP contribution in [0.1, 0.15) is 37.3 Å². The second kappa shape index (κ2) is 8.71. The van der Waals surface area contributed by atoms with Gasteiger partial charge in [-0.15, -0.1) is 6.58 Å². The van der Waals surface area contributed by atoms with E-state index >= 15 is 0 Å². The van der Waals surface area contributed by atoms with Crippen LogP contribution < -0.4 is 4.90 Å². The maximum Gasteiger partial charge on any atom is 0.414 e. The molecule has 2 heterocycles. The number of carbonyl (C=O) groups excluding carboxylic acids is 1. The number of hydrogen-bond acceptors (Lipinski definition) is 4. The fourth-order valence-electron chi connectivity index (χ4n) is 3.88. The quantitative estimate of drug-likeness (QED) is 0.628. The Labute approximate surface area is 173 Å². The highest BCUT2D eigenvalue weighted by Crippen LogP contribution is 2.33. The summed E-state index contributed by atoms with van der Waals surface area (Å²) in [5.74, 6) is 0.160. The normalized spacial score (nSPS) is 19.4. The Kier molecular flexibility index (Phi) is 6.49. The molecule has 158 valence electrons. The molecule has 1 atom stereocenters. The van der Waals surface area contributed by atoms with Gasteiger partial charge in [0.25, 0.3) is 0 Å². The number of amides is 1. The third-order valence-corrected chi connectivity index (χ3v) is 7.77. The molecule has 0 N–H and O–H groups in total. The number of rotatable bonds is 7. The van der Waals surface area contributed by atoms with Crippen molar-refractivity contribution in [3.8, 4) is 0 Å². The van der Waals surface area contributed by atoms with Crippen molar-refractivity contribution < 1.29 is 17.9 Å². The Hall–Kier alpha value is -2.12. The van der Waals surface area contributed by atoms with Crippen molar-refractivity contribution in [2.75, 3.05) is 23.7 Å². The van der Waals surface area contributed by atoms with E-state index in [2.05, 4.69) is 13.2 Å². The highest BCUT2D eigenvalue weighted by atomic mass is 32.2. The maximum absolute atomic E-state index is 12.7. The van der Waals surface area contributed by atoms with Gasteiger partial charge in [0.1, 0.15) is 6.61 Å². The number of sulfonamides is 1. The molecule has 3 rings (SSSR count). The van der Waals surface area contributed by atoms with E-state index in [9.17, 15) is 13.2 Å². The fourth-order valence-corrected chi connectivity index (χ4v) is 5.43. The summed E-state index contributed by atoms with van der Waals surface area (Å²) in [6.07, 6.45) is 3.03. The monoisotopic (exact) mass is 418 g/mol. The van der Waals surface area contributed by atoms with Gasteiger partial charge in [0.15, 0.2) is 0 Å². The molecule has 1 aromatic rings. The molecule has 1 unspecified atom stereocenters. The lowest BCUT2D eigenvalue weighted by Crippen LogP contribution is -2.50. The van der Waals surface area contributed by atoms with Crippen LogP contribution in [-0.2, 0) is 21.4 Å². The molecule has 7 heteroatoms. The number of allylic oxidation sites excluding steroid dienone is 2. The number of carbonyl (C=O) groups is 1. The molecule has 6 nitrogen and oxygen atoms in total. The topological polar surface area (TPSA) is 66.9 Å². The number of piperidine rings is 1. The molecular weight excluding hydrogens is 388 g/mol. The summed E-state index contributed by atoms with van der Waals surface area (Å²) in [7, 11) is -3.35. The summed E-state index contributed by atoms with van der Waals surface area (Å²) in [5.41, 5.74) is 3.87. The Morgan fingerprint density at radius 1 is 1.34 bits per heavy atom. The third kappa shape index (κ3) is 4.73. The fraction of sp³-hybridized carbons (Fsp3) is 0.500. The molecule has 1 saturated heterocycles. The zero-order valence-electron chi connectivity index (χ0n) is 17.3. The van der Waals surface area contributed by atoms with Crippen molar-refractivity contribution in [1.29, 1.82) is 0 Å². The minimum atomic E-state index is -3.35. The van der Waals surface area contributed by atoms with Gasteiger partial charge in [-0.05, 0) is 38.2 Å². The van der Waals surface area contributed by atoms with E-state index in [0.29, 0.717) is 32.4 Å². The first kappa shape index (κ1) is 21.6. The lowest BCUT2D eigenvalue weighted by atomic mass is 10.0. The lowest BCUT2D eigenvalue weighted by Gasteiger charge is -2.40. The van der Waals surface area contributed by atoms with Gasteiger partial charge in [0.2, 0.25) is 10.0 Å². The van der Waals surface area contributed by atoms with Crippen molar-refractivity contribution >= 4 is 21.8 Å². The Balaban J connectivity index is 1.64. The van der Waals surface area contributed by atoms with Crippen molar-refractivity contribution in [3.63, 3.8) is 0 Å². The number of anilines is 1. The lowest BCUT2D eigenvalue weighted by molar-refractivity contribution is 0.135. The number of cyclic esters (lactones) is 1. The molecule has 0 radical (unpaired) electrons. The minimum absolute atomic E-state index is 0.0581. The molecule has 0 spiro atoms. The number of nitrogens with zero attached hydrogens (tertiary/aromatic N) is 2. The summed E-state index contributed by atoms with van der Waals surface area (Å²) in [5, 5.41) is 0. The highest BCUT2D eigenvalue weighted by Gasteiger charge is 2.36. The summed E-state index contributed by atoms with van der Waals surface area (Å²) in [4.78, 5) is 14.1. The van der Waals surface area contributed by atoms with Gasteiger partial charge in [-0.2, -0.15) is 0 Å². The Morgan fingerprint density at radius 3 is 2.69 bits per heavy atom.